The van der Waals surface area contributed by atoms with Crippen molar-refractivity contribution in [2.45, 2.75) is 50.9 Å². The number of nitrogens with one attached hydrogen (secondary N) is 2. The van der Waals surface area contributed by atoms with Gasteiger partial charge in [0.25, 0.3) is 0 Å². The molecular formula is C17H29IN4OS. The topological polar surface area (TPSA) is 58.5 Å². The average molecular weight is 464 g/mol. The molecular weight excluding hydrogens is 435 g/mol. The Bertz CT molecular complexity index is 568. The van der Waals surface area contributed by atoms with Crippen molar-refractivity contribution in [1.82, 2.24) is 15.6 Å². The number of halogens is 1. The molecule has 0 bridgehead atoms. The predicted octanol–water partition coefficient (Wildman–Crippen LogP) is 3.27. The molecule has 2 atom stereocenters. The average Bonchev–Trinajstić information content (AvgIpc) is 3.01. The van der Waals surface area contributed by atoms with Crippen molar-refractivity contribution in [2.24, 2.45) is 4.99 Å². The molecule has 2 unspecified atom stereocenters. The molecule has 2 rings (SSSR count). The number of methoxy groups -OCH3 is 1. The van der Waals surface area contributed by atoms with E-state index in [1.807, 2.05) is 38.9 Å². The van der Waals surface area contributed by atoms with Crippen molar-refractivity contribution < 1.29 is 4.74 Å². The summed E-state index contributed by atoms with van der Waals surface area (Å²) in [5, 5.41) is 7.67. The highest BCUT2D eigenvalue weighted by Crippen LogP contribution is 2.28. The highest BCUT2D eigenvalue weighted by molar-refractivity contribution is 14.0. The zero-order valence-corrected chi connectivity index (χ0v) is 18.3. The lowest BCUT2D eigenvalue weighted by atomic mass is 10.1. The van der Waals surface area contributed by atoms with E-state index in [4.69, 9.17) is 4.74 Å². The summed E-state index contributed by atoms with van der Waals surface area (Å²) in [6.07, 6.45) is 7.75. The zero-order chi connectivity index (χ0) is 16.8. The first-order valence-corrected chi connectivity index (χ1v) is 9.36. The first-order chi connectivity index (χ1) is 11.1. The monoisotopic (exact) mass is 464 g/mol. The minimum Gasteiger partial charge on any atom is -0.496 e. The van der Waals surface area contributed by atoms with Gasteiger partial charge in [0.05, 0.1) is 19.3 Å². The van der Waals surface area contributed by atoms with Crippen molar-refractivity contribution in [3.63, 3.8) is 0 Å². The van der Waals surface area contributed by atoms with Gasteiger partial charge in [-0.2, -0.15) is 11.8 Å². The van der Waals surface area contributed by atoms with Crippen LogP contribution in [0.2, 0.25) is 0 Å². The third-order valence-electron chi connectivity index (χ3n) is 4.46. The molecule has 5 nitrogen and oxygen atoms in total. The number of ether oxygens (including phenoxy) is 1. The van der Waals surface area contributed by atoms with Crippen LogP contribution < -0.4 is 15.4 Å². The number of thioether (sulfide) groups is 1. The maximum Gasteiger partial charge on any atom is 0.191 e. The number of aromatic nitrogens is 1. The smallest absolute Gasteiger partial charge is 0.191 e. The Balaban J connectivity index is 0.00000288. The fourth-order valence-electron chi connectivity index (χ4n) is 3.09. The fraction of sp³-hybridized carbons (Fsp3) is 0.647. The van der Waals surface area contributed by atoms with Gasteiger partial charge >= 0.3 is 0 Å². The normalized spacial score (nSPS) is 20.5. The third kappa shape index (κ3) is 5.40. The van der Waals surface area contributed by atoms with Crippen molar-refractivity contribution in [3.8, 4) is 5.75 Å². The molecule has 1 fully saturated rings. The second-order valence-corrected chi connectivity index (χ2v) is 7.12. The van der Waals surface area contributed by atoms with Crippen LogP contribution in [0.4, 0.5) is 0 Å². The van der Waals surface area contributed by atoms with Crippen LogP contribution >= 0.6 is 35.7 Å². The van der Waals surface area contributed by atoms with E-state index in [-0.39, 0.29) is 24.0 Å². The zero-order valence-electron chi connectivity index (χ0n) is 15.2. The van der Waals surface area contributed by atoms with Gasteiger partial charge in [0, 0.05) is 35.7 Å². The van der Waals surface area contributed by atoms with Crippen LogP contribution in [-0.2, 0) is 6.54 Å². The Morgan fingerprint density at radius 3 is 2.75 bits per heavy atom. The summed E-state index contributed by atoms with van der Waals surface area (Å²) >= 11 is 1.96. The molecule has 0 amide bonds. The quantitative estimate of drug-likeness (QED) is 0.398. The Morgan fingerprint density at radius 1 is 1.42 bits per heavy atom. The molecule has 7 heteroatoms. The molecule has 2 N–H and O–H groups in total. The molecule has 1 aliphatic carbocycles. The van der Waals surface area contributed by atoms with Crippen LogP contribution in [-0.4, -0.2) is 42.6 Å². The van der Waals surface area contributed by atoms with Gasteiger partial charge in [0.1, 0.15) is 5.75 Å². The van der Waals surface area contributed by atoms with Gasteiger partial charge < -0.3 is 15.4 Å². The van der Waals surface area contributed by atoms with E-state index in [0.717, 1.165) is 33.8 Å². The standard InChI is InChI=1S/C17H28N4OS.HI/c1-11-9-19-15(12(2)16(11)22-4)10-20-17(18-3)21-13-6-7-14(8-13)23-5;/h9,13-14H,6-8,10H2,1-5H3,(H2,18,20,21);1H. The van der Waals surface area contributed by atoms with E-state index >= 15 is 0 Å². The van der Waals surface area contributed by atoms with Crippen molar-refractivity contribution in [2.75, 3.05) is 20.4 Å². The fourth-order valence-corrected chi connectivity index (χ4v) is 3.89. The number of guanidine groups is 1. The number of aryl methyl sites for hydroxylation is 1. The largest absolute Gasteiger partial charge is 0.496 e. The molecule has 1 aliphatic rings. The van der Waals surface area contributed by atoms with Crippen LogP contribution in [0.15, 0.2) is 11.2 Å². The van der Waals surface area contributed by atoms with Crippen LogP contribution in [0, 0.1) is 13.8 Å². The lowest BCUT2D eigenvalue weighted by molar-refractivity contribution is 0.406. The predicted molar refractivity (Wildman–Crippen MR) is 114 cm³/mol. The minimum atomic E-state index is 0. The van der Waals surface area contributed by atoms with E-state index in [1.54, 1.807) is 7.11 Å². The number of aliphatic imine (C=N–C) groups is 1. The SMILES string of the molecule is CN=C(NCc1ncc(C)c(OC)c1C)NC1CCC(SC)C1.I. The molecule has 1 heterocycles. The lowest BCUT2D eigenvalue weighted by Gasteiger charge is -2.18. The summed E-state index contributed by atoms with van der Waals surface area (Å²) in [6, 6.07) is 0.514. The summed E-state index contributed by atoms with van der Waals surface area (Å²) < 4.78 is 5.47. The van der Waals surface area contributed by atoms with Crippen LogP contribution in [0.25, 0.3) is 0 Å². The molecule has 0 aromatic carbocycles. The highest BCUT2D eigenvalue weighted by Gasteiger charge is 2.24. The molecule has 1 saturated carbocycles. The van der Waals surface area contributed by atoms with Gasteiger partial charge in [-0.1, -0.05) is 0 Å². The second kappa shape index (κ2) is 10.3. The first-order valence-electron chi connectivity index (χ1n) is 8.08. The number of rotatable bonds is 5. The lowest BCUT2D eigenvalue weighted by Crippen LogP contribution is -2.42. The van der Waals surface area contributed by atoms with Crippen LogP contribution in [0.3, 0.4) is 0 Å². The Morgan fingerprint density at radius 2 is 2.17 bits per heavy atom. The van der Waals surface area contributed by atoms with Gasteiger partial charge in [-0.25, -0.2) is 0 Å². The van der Waals surface area contributed by atoms with E-state index in [9.17, 15) is 0 Å². The van der Waals surface area contributed by atoms with Crippen LogP contribution in [0.1, 0.15) is 36.1 Å². The van der Waals surface area contributed by atoms with Gasteiger partial charge in [0.2, 0.25) is 0 Å². The molecule has 0 aliphatic heterocycles. The Labute approximate surface area is 166 Å². The number of nitrogens with zero attached hydrogens (tertiary/aromatic N) is 2. The number of hydrogen-bond donors (Lipinski definition) is 2. The van der Waals surface area contributed by atoms with Crippen molar-refractivity contribution >= 4 is 41.7 Å². The first kappa shape index (κ1) is 21.3. The summed E-state index contributed by atoms with van der Waals surface area (Å²) in [6.45, 7) is 4.70. The molecule has 136 valence electrons. The Hall–Kier alpha value is -0.700. The molecule has 1 aromatic heterocycles. The summed E-state index contributed by atoms with van der Waals surface area (Å²) in [5.74, 6) is 1.76. The highest BCUT2D eigenvalue weighted by atomic mass is 127. The van der Waals surface area contributed by atoms with E-state index in [2.05, 4.69) is 26.9 Å². The summed E-state index contributed by atoms with van der Waals surface area (Å²) in [5.41, 5.74) is 3.13. The van der Waals surface area contributed by atoms with E-state index in [1.165, 1.54) is 19.3 Å². The van der Waals surface area contributed by atoms with E-state index in [0.29, 0.717) is 12.6 Å². The molecule has 24 heavy (non-hydrogen) atoms. The van der Waals surface area contributed by atoms with Gasteiger partial charge in [0.15, 0.2) is 5.96 Å². The maximum atomic E-state index is 5.47. The molecule has 0 saturated heterocycles. The molecule has 1 aromatic rings. The van der Waals surface area contributed by atoms with Gasteiger partial charge in [-0.05, 0) is 39.4 Å². The summed E-state index contributed by atoms with van der Waals surface area (Å²) in [4.78, 5) is 8.86. The number of pyridine rings is 1. The summed E-state index contributed by atoms with van der Waals surface area (Å²) in [7, 11) is 3.52. The van der Waals surface area contributed by atoms with Crippen molar-refractivity contribution in [3.05, 3.63) is 23.0 Å². The second-order valence-electron chi connectivity index (χ2n) is 5.98. The van der Waals surface area contributed by atoms with Gasteiger partial charge in [-0.3, -0.25) is 9.98 Å². The molecule has 0 spiro atoms. The van der Waals surface area contributed by atoms with Gasteiger partial charge in [-0.15, -0.1) is 24.0 Å². The van der Waals surface area contributed by atoms with Crippen LogP contribution in [0.5, 0.6) is 5.75 Å². The maximum absolute atomic E-state index is 5.47. The Kier molecular flexibility index (Phi) is 9.18. The third-order valence-corrected chi connectivity index (χ3v) is 5.55. The van der Waals surface area contributed by atoms with E-state index < -0.39 is 0 Å². The number of hydrogen-bond acceptors (Lipinski definition) is 4. The molecule has 0 radical (unpaired) electrons. The van der Waals surface area contributed by atoms with Crippen molar-refractivity contribution in [1.29, 1.82) is 0 Å². The minimum absolute atomic E-state index is 0.